The third-order valence-corrected chi connectivity index (χ3v) is 6.54. The molecule has 3 aromatic rings. The van der Waals surface area contributed by atoms with Crippen molar-refractivity contribution >= 4 is 36.2 Å². The van der Waals surface area contributed by atoms with E-state index in [0.29, 0.717) is 52.5 Å². The Hall–Kier alpha value is -3.33. The fourth-order valence-corrected chi connectivity index (χ4v) is 4.38. The van der Waals surface area contributed by atoms with Gasteiger partial charge < -0.3 is 15.4 Å². The van der Waals surface area contributed by atoms with Crippen LogP contribution < -0.4 is 5.32 Å². The quantitative estimate of drug-likeness (QED) is 0.263. The molecule has 0 fully saturated rings. The SMILES string of the molecule is N#CC(CC#Cc1ccc(Cl)c(CCCC(=O)N[C@@H](Cc2ccccc2)B(O)O)c1Cl)c1ccccn1. The van der Waals surface area contributed by atoms with Gasteiger partial charge in [-0.1, -0.05) is 71.4 Å². The molecule has 0 radical (unpaired) electrons. The fourth-order valence-electron chi connectivity index (χ4n) is 3.77. The molecule has 2 atom stereocenters. The number of carbonyl (C=O) groups excluding carboxylic acids is 1. The maximum absolute atomic E-state index is 12.5. The summed E-state index contributed by atoms with van der Waals surface area (Å²) in [6.07, 6.45) is 3.32. The predicted octanol–water partition coefficient (Wildman–Crippen LogP) is 4.50. The Kier molecular flexibility index (Phi) is 11.0. The number of carbonyl (C=O) groups is 1. The zero-order chi connectivity index (χ0) is 26.6. The molecule has 37 heavy (non-hydrogen) atoms. The van der Waals surface area contributed by atoms with Crippen LogP contribution in [0.5, 0.6) is 0 Å². The monoisotopic (exact) mass is 533 g/mol. The number of halogens is 2. The number of hydrogen-bond donors (Lipinski definition) is 3. The molecule has 0 aliphatic rings. The highest BCUT2D eigenvalue weighted by molar-refractivity contribution is 6.43. The van der Waals surface area contributed by atoms with Crippen LogP contribution in [0.4, 0.5) is 0 Å². The molecule has 9 heteroatoms. The van der Waals surface area contributed by atoms with Crippen molar-refractivity contribution in [2.45, 2.75) is 44.0 Å². The lowest BCUT2D eigenvalue weighted by Crippen LogP contribution is -2.47. The van der Waals surface area contributed by atoms with Crippen LogP contribution in [0.2, 0.25) is 10.0 Å². The molecule has 0 aliphatic carbocycles. The molecule has 3 N–H and O–H groups in total. The maximum atomic E-state index is 12.5. The zero-order valence-corrected chi connectivity index (χ0v) is 21.6. The molecule has 1 amide bonds. The zero-order valence-electron chi connectivity index (χ0n) is 20.1. The van der Waals surface area contributed by atoms with Crippen LogP contribution in [-0.4, -0.2) is 34.0 Å². The van der Waals surface area contributed by atoms with Gasteiger partial charge in [-0.15, -0.1) is 0 Å². The summed E-state index contributed by atoms with van der Waals surface area (Å²) in [6.45, 7) is 0. The van der Waals surface area contributed by atoms with E-state index in [2.05, 4.69) is 28.2 Å². The van der Waals surface area contributed by atoms with Crippen molar-refractivity contribution in [3.05, 3.63) is 99.3 Å². The Balaban J connectivity index is 1.58. The first-order valence-electron chi connectivity index (χ1n) is 11.8. The van der Waals surface area contributed by atoms with E-state index in [9.17, 15) is 20.1 Å². The van der Waals surface area contributed by atoms with Gasteiger partial charge in [0, 0.05) is 29.6 Å². The summed E-state index contributed by atoms with van der Waals surface area (Å²) < 4.78 is 0. The van der Waals surface area contributed by atoms with Crippen LogP contribution in [0.25, 0.3) is 0 Å². The van der Waals surface area contributed by atoms with Gasteiger partial charge in [-0.25, -0.2) is 0 Å². The van der Waals surface area contributed by atoms with Crippen LogP contribution in [-0.2, 0) is 17.6 Å². The summed E-state index contributed by atoms with van der Waals surface area (Å²) in [4.78, 5) is 16.7. The molecule has 1 unspecified atom stereocenters. The number of pyridine rings is 1. The van der Waals surface area contributed by atoms with Gasteiger partial charge in [0.2, 0.25) is 5.91 Å². The number of nitrogens with one attached hydrogen (secondary N) is 1. The topological polar surface area (TPSA) is 106 Å². The van der Waals surface area contributed by atoms with Gasteiger partial charge >= 0.3 is 7.12 Å². The molecule has 1 aromatic heterocycles. The number of nitrogens with zero attached hydrogens (tertiary/aromatic N) is 2. The van der Waals surface area contributed by atoms with Crippen molar-refractivity contribution in [2.75, 3.05) is 0 Å². The number of nitriles is 1. The van der Waals surface area contributed by atoms with Crippen LogP contribution in [0.15, 0.2) is 66.9 Å². The molecule has 6 nitrogen and oxygen atoms in total. The lowest BCUT2D eigenvalue weighted by Gasteiger charge is -2.18. The Labute approximate surface area is 227 Å². The summed E-state index contributed by atoms with van der Waals surface area (Å²) >= 11 is 13.0. The molecule has 0 saturated carbocycles. The normalized spacial score (nSPS) is 12.0. The molecule has 0 spiro atoms. The summed E-state index contributed by atoms with van der Waals surface area (Å²) in [5.74, 6) is 4.48. The molecule has 0 aliphatic heterocycles. The van der Waals surface area contributed by atoms with Crippen LogP contribution in [0, 0.1) is 23.2 Å². The van der Waals surface area contributed by atoms with E-state index in [-0.39, 0.29) is 12.3 Å². The van der Waals surface area contributed by atoms with Crippen molar-refractivity contribution in [1.29, 1.82) is 5.26 Å². The van der Waals surface area contributed by atoms with Crippen LogP contribution in [0.1, 0.15) is 47.6 Å². The van der Waals surface area contributed by atoms with Gasteiger partial charge in [-0.3, -0.25) is 9.78 Å². The van der Waals surface area contributed by atoms with Gasteiger partial charge in [0.1, 0.15) is 0 Å². The van der Waals surface area contributed by atoms with Gasteiger partial charge in [-0.05, 0) is 54.7 Å². The number of rotatable bonds is 10. The summed E-state index contributed by atoms with van der Waals surface area (Å²) in [6, 6.07) is 20.4. The Morgan fingerprint density at radius 3 is 2.51 bits per heavy atom. The highest BCUT2D eigenvalue weighted by Crippen LogP contribution is 2.29. The van der Waals surface area contributed by atoms with Gasteiger partial charge in [0.15, 0.2) is 0 Å². The van der Waals surface area contributed by atoms with Crippen molar-refractivity contribution in [3.8, 4) is 17.9 Å². The molecule has 3 rings (SSSR count). The van der Waals surface area contributed by atoms with Crippen molar-refractivity contribution < 1.29 is 14.8 Å². The largest absolute Gasteiger partial charge is 0.475 e. The van der Waals surface area contributed by atoms with E-state index in [1.165, 1.54) is 0 Å². The van der Waals surface area contributed by atoms with Gasteiger partial charge in [0.25, 0.3) is 0 Å². The minimum atomic E-state index is -1.68. The average molecular weight is 534 g/mol. The number of amides is 1. The third kappa shape index (κ3) is 8.63. The average Bonchev–Trinajstić information content (AvgIpc) is 2.90. The number of aromatic nitrogens is 1. The van der Waals surface area contributed by atoms with Crippen LogP contribution in [0.3, 0.4) is 0 Å². The minimum absolute atomic E-state index is 0.161. The highest BCUT2D eigenvalue weighted by Gasteiger charge is 2.25. The van der Waals surface area contributed by atoms with E-state index >= 15 is 0 Å². The Bertz CT molecular complexity index is 1290. The Morgan fingerprint density at radius 1 is 1.08 bits per heavy atom. The van der Waals surface area contributed by atoms with Crippen LogP contribution >= 0.6 is 23.2 Å². The summed E-state index contributed by atoms with van der Waals surface area (Å²) in [7, 11) is -1.68. The molecular formula is C28H26BCl2N3O3. The molecular weight excluding hydrogens is 508 g/mol. The molecule has 0 bridgehead atoms. The second-order valence-electron chi connectivity index (χ2n) is 8.46. The summed E-state index contributed by atoms with van der Waals surface area (Å²) in [5.41, 5.74) is 2.83. The van der Waals surface area contributed by atoms with E-state index in [4.69, 9.17) is 23.2 Å². The van der Waals surface area contributed by atoms with Crippen molar-refractivity contribution in [1.82, 2.24) is 10.3 Å². The second-order valence-corrected chi connectivity index (χ2v) is 9.25. The van der Waals surface area contributed by atoms with E-state index in [1.54, 1.807) is 30.5 Å². The second kappa shape index (κ2) is 14.4. The highest BCUT2D eigenvalue weighted by atomic mass is 35.5. The minimum Gasteiger partial charge on any atom is -0.426 e. The standard InChI is InChI=1S/C28H26BCl2N3O3/c30-24-16-15-21(10-6-11-22(19-32)25-13-4-5-17-33-25)28(31)23(24)12-7-14-27(35)34-26(29(36)37)18-20-8-2-1-3-9-20/h1-5,8-9,13,15-17,22,26,36-37H,7,11-12,14,18H2,(H,34,35)/t22?,26-/m0/s1. The molecule has 2 aromatic carbocycles. The lowest BCUT2D eigenvalue weighted by atomic mass is 9.76. The smallest absolute Gasteiger partial charge is 0.426 e. The van der Waals surface area contributed by atoms with E-state index in [1.807, 2.05) is 36.4 Å². The number of benzene rings is 2. The maximum Gasteiger partial charge on any atom is 0.475 e. The number of hydrogen-bond acceptors (Lipinski definition) is 5. The molecule has 1 heterocycles. The lowest BCUT2D eigenvalue weighted by molar-refractivity contribution is -0.121. The first kappa shape index (κ1) is 28.2. The molecule has 0 saturated heterocycles. The van der Waals surface area contributed by atoms with E-state index < -0.39 is 19.0 Å². The predicted molar refractivity (Wildman–Crippen MR) is 146 cm³/mol. The summed E-state index contributed by atoms with van der Waals surface area (Å²) in [5, 5.41) is 32.4. The van der Waals surface area contributed by atoms with Gasteiger partial charge in [-0.2, -0.15) is 5.26 Å². The fraction of sp³-hybridized carbons (Fsp3) is 0.250. The third-order valence-electron chi connectivity index (χ3n) is 5.75. The first-order valence-corrected chi connectivity index (χ1v) is 12.6. The van der Waals surface area contributed by atoms with Crippen molar-refractivity contribution in [3.63, 3.8) is 0 Å². The molecule has 188 valence electrons. The van der Waals surface area contributed by atoms with E-state index in [0.717, 1.165) is 5.56 Å². The Morgan fingerprint density at radius 2 is 1.84 bits per heavy atom. The first-order chi connectivity index (χ1) is 17.9. The van der Waals surface area contributed by atoms with Gasteiger partial charge in [0.05, 0.1) is 28.6 Å². The van der Waals surface area contributed by atoms with Crippen molar-refractivity contribution in [2.24, 2.45) is 0 Å².